The van der Waals surface area contributed by atoms with Crippen LogP contribution in [0.3, 0.4) is 0 Å². The summed E-state index contributed by atoms with van der Waals surface area (Å²) in [5, 5.41) is 4.16. The number of benzene rings is 3. The Morgan fingerprint density at radius 2 is 1.50 bits per heavy atom. The fourth-order valence-corrected chi connectivity index (χ4v) is 5.60. The Morgan fingerprint density at radius 3 is 2.13 bits per heavy atom. The molecule has 0 saturated carbocycles. The van der Waals surface area contributed by atoms with Crippen molar-refractivity contribution in [2.75, 3.05) is 11.4 Å². The van der Waals surface area contributed by atoms with Gasteiger partial charge in [-0.1, -0.05) is 35.4 Å². The van der Waals surface area contributed by atoms with Crippen LogP contribution in [0.25, 0.3) is 5.69 Å². The molecule has 1 aromatic heterocycles. The normalized spacial score (nSPS) is 11.6. The SMILES string of the molecule is Cc1ccc(S(=O)(=O)N(C)c2ccc(C(=O)N/N=C\c3cc(C)n(-c4ccc(C)cc4C)c3C)cc2)cc1. The minimum atomic E-state index is -3.71. The predicted molar refractivity (Wildman–Crippen MR) is 153 cm³/mol. The molecule has 0 saturated heterocycles. The molecule has 1 amide bonds. The van der Waals surface area contributed by atoms with Crippen molar-refractivity contribution >= 4 is 27.8 Å². The van der Waals surface area contributed by atoms with E-state index >= 15 is 0 Å². The number of hydrogen-bond donors (Lipinski definition) is 1. The number of hydrazone groups is 1. The second kappa shape index (κ2) is 10.7. The summed E-state index contributed by atoms with van der Waals surface area (Å²) in [6, 6.07) is 21.4. The average molecular weight is 529 g/mol. The molecule has 3 aromatic carbocycles. The molecule has 0 fully saturated rings. The van der Waals surface area contributed by atoms with Crippen LogP contribution in [0.15, 0.2) is 82.8 Å². The van der Waals surface area contributed by atoms with Gasteiger partial charge in [-0.3, -0.25) is 9.10 Å². The molecule has 7 nitrogen and oxygen atoms in total. The van der Waals surface area contributed by atoms with Crippen molar-refractivity contribution in [1.82, 2.24) is 9.99 Å². The van der Waals surface area contributed by atoms with E-state index in [0.29, 0.717) is 11.3 Å². The maximum absolute atomic E-state index is 12.9. The van der Waals surface area contributed by atoms with Gasteiger partial charge in [0.05, 0.1) is 16.8 Å². The van der Waals surface area contributed by atoms with Crippen molar-refractivity contribution in [2.45, 2.75) is 39.5 Å². The highest BCUT2D eigenvalue weighted by Gasteiger charge is 2.21. The second-order valence-corrected chi connectivity index (χ2v) is 11.5. The van der Waals surface area contributed by atoms with Crippen LogP contribution in [-0.4, -0.2) is 32.2 Å². The zero-order valence-electron chi connectivity index (χ0n) is 22.5. The van der Waals surface area contributed by atoms with Crippen molar-refractivity contribution in [1.29, 1.82) is 0 Å². The molecule has 0 aliphatic carbocycles. The quantitative estimate of drug-likeness (QED) is 0.250. The standard InChI is InChI=1S/C30H32N4O3S/c1-20-7-14-28(15-8-20)38(36,37)33(6)27-12-10-25(11-13-27)30(35)32-31-19-26-18-23(4)34(24(26)5)29-16-9-21(2)17-22(29)3/h7-19H,1-6H3,(H,32,35)/b31-19-. The topological polar surface area (TPSA) is 83.8 Å². The summed E-state index contributed by atoms with van der Waals surface area (Å²) < 4.78 is 29.3. The van der Waals surface area contributed by atoms with Gasteiger partial charge in [0, 0.05) is 35.2 Å². The van der Waals surface area contributed by atoms with Crippen LogP contribution in [0.5, 0.6) is 0 Å². The highest BCUT2D eigenvalue weighted by Crippen LogP contribution is 2.24. The van der Waals surface area contributed by atoms with E-state index < -0.39 is 10.0 Å². The van der Waals surface area contributed by atoms with E-state index in [9.17, 15) is 13.2 Å². The molecule has 4 rings (SSSR count). The molecule has 0 bridgehead atoms. The maximum Gasteiger partial charge on any atom is 0.271 e. The molecule has 196 valence electrons. The van der Waals surface area contributed by atoms with Crippen molar-refractivity contribution < 1.29 is 13.2 Å². The highest BCUT2D eigenvalue weighted by atomic mass is 32.2. The van der Waals surface area contributed by atoms with Gasteiger partial charge in [-0.15, -0.1) is 0 Å². The lowest BCUT2D eigenvalue weighted by Gasteiger charge is -2.19. The zero-order chi connectivity index (χ0) is 27.6. The zero-order valence-corrected chi connectivity index (χ0v) is 23.3. The first-order chi connectivity index (χ1) is 18.0. The fourth-order valence-electron chi connectivity index (χ4n) is 4.40. The van der Waals surface area contributed by atoms with Crippen LogP contribution >= 0.6 is 0 Å². The van der Waals surface area contributed by atoms with E-state index in [-0.39, 0.29) is 10.8 Å². The minimum Gasteiger partial charge on any atom is -0.318 e. The van der Waals surface area contributed by atoms with Gasteiger partial charge in [-0.25, -0.2) is 13.8 Å². The summed E-state index contributed by atoms with van der Waals surface area (Å²) >= 11 is 0. The van der Waals surface area contributed by atoms with E-state index in [0.717, 1.165) is 28.2 Å². The monoisotopic (exact) mass is 528 g/mol. The summed E-state index contributed by atoms with van der Waals surface area (Å²) in [4.78, 5) is 12.9. The summed E-state index contributed by atoms with van der Waals surface area (Å²) in [7, 11) is -2.22. The molecular formula is C30H32N4O3S. The van der Waals surface area contributed by atoms with Crippen molar-refractivity contribution in [3.8, 4) is 5.69 Å². The fraction of sp³-hybridized carbons (Fsp3) is 0.200. The minimum absolute atomic E-state index is 0.207. The molecule has 0 radical (unpaired) electrons. The molecule has 1 N–H and O–H groups in total. The first-order valence-electron chi connectivity index (χ1n) is 12.2. The smallest absolute Gasteiger partial charge is 0.271 e. The lowest BCUT2D eigenvalue weighted by atomic mass is 10.1. The number of rotatable bonds is 7. The number of aryl methyl sites for hydroxylation is 4. The largest absolute Gasteiger partial charge is 0.318 e. The molecule has 4 aromatic rings. The molecule has 38 heavy (non-hydrogen) atoms. The van der Waals surface area contributed by atoms with E-state index in [1.165, 1.54) is 22.5 Å². The number of nitrogens with zero attached hydrogens (tertiary/aromatic N) is 3. The summed E-state index contributed by atoms with van der Waals surface area (Å²) in [5.41, 5.74) is 10.9. The lowest BCUT2D eigenvalue weighted by Crippen LogP contribution is -2.26. The molecule has 0 unspecified atom stereocenters. The number of amides is 1. The number of aromatic nitrogens is 1. The van der Waals surface area contributed by atoms with Crippen LogP contribution < -0.4 is 9.73 Å². The number of hydrogen-bond acceptors (Lipinski definition) is 4. The van der Waals surface area contributed by atoms with Crippen LogP contribution in [-0.2, 0) is 10.0 Å². The Bertz CT molecular complexity index is 1620. The summed E-state index contributed by atoms with van der Waals surface area (Å²) in [5.74, 6) is -0.389. The number of nitrogens with one attached hydrogen (secondary N) is 1. The van der Waals surface area contributed by atoms with E-state index in [4.69, 9.17) is 0 Å². The van der Waals surface area contributed by atoms with Crippen molar-refractivity contribution in [2.24, 2.45) is 5.10 Å². The molecule has 1 heterocycles. The van der Waals surface area contributed by atoms with Gasteiger partial charge in [0.25, 0.3) is 15.9 Å². The van der Waals surface area contributed by atoms with Crippen LogP contribution in [0, 0.1) is 34.6 Å². The molecule has 8 heteroatoms. The van der Waals surface area contributed by atoms with E-state index in [1.807, 2.05) is 26.8 Å². The van der Waals surface area contributed by atoms with Gasteiger partial charge in [0.1, 0.15) is 0 Å². The first-order valence-corrected chi connectivity index (χ1v) is 13.7. The number of anilines is 1. The van der Waals surface area contributed by atoms with Gasteiger partial charge < -0.3 is 4.57 Å². The van der Waals surface area contributed by atoms with Crippen LogP contribution in [0.2, 0.25) is 0 Å². The van der Waals surface area contributed by atoms with Gasteiger partial charge in [0.2, 0.25) is 0 Å². The third-order valence-electron chi connectivity index (χ3n) is 6.61. The van der Waals surface area contributed by atoms with Crippen molar-refractivity contribution in [3.05, 3.63) is 112 Å². The average Bonchev–Trinajstić information content (AvgIpc) is 3.16. The number of carbonyl (C=O) groups is 1. The third kappa shape index (κ3) is 5.40. The van der Waals surface area contributed by atoms with Crippen molar-refractivity contribution in [3.63, 3.8) is 0 Å². The Hall–Kier alpha value is -4.17. The van der Waals surface area contributed by atoms with Gasteiger partial charge in [-0.2, -0.15) is 5.10 Å². The van der Waals surface area contributed by atoms with Crippen LogP contribution in [0.1, 0.15) is 44.0 Å². The molecule has 0 aliphatic rings. The maximum atomic E-state index is 12.9. The Morgan fingerprint density at radius 1 is 0.868 bits per heavy atom. The molecule has 0 aliphatic heterocycles. The third-order valence-corrected chi connectivity index (χ3v) is 8.41. The second-order valence-electron chi connectivity index (χ2n) is 9.48. The molecule has 0 atom stereocenters. The van der Waals surface area contributed by atoms with Gasteiger partial charge in [-0.05, 0) is 88.7 Å². The van der Waals surface area contributed by atoms with Gasteiger partial charge >= 0.3 is 0 Å². The van der Waals surface area contributed by atoms with Crippen LogP contribution in [0.4, 0.5) is 5.69 Å². The van der Waals surface area contributed by atoms with E-state index in [2.05, 4.69) is 47.1 Å². The Kier molecular flexibility index (Phi) is 7.55. The first kappa shape index (κ1) is 26.9. The Balaban J connectivity index is 1.46. The Labute approximate surface area is 224 Å². The summed E-state index contributed by atoms with van der Waals surface area (Å²) in [6.45, 7) is 10.1. The molecule has 0 spiro atoms. The predicted octanol–water partition coefficient (Wildman–Crippen LogP) is 5.61. The van der Waals surface area contributed by atoms with E-state index in [1.54, 1.807) is 54.7 Å². The number of sulfonamides is 1. The highest BCUT2D eigenvalue weighted by molar-refractivity contribution is 7.92. The van der Waals surface area contributed by atoms with Gasteiger partial charge in [0.15, 0.2) is 0 Å². The lowest BCUT2D eigenvalue weighted by molar-refractivity contribution is 0.0955. The number of carbonyl (C=O) groups excluding carboxylic acids is 1. The molecular weight excluding hydrogens is 496 g/mol. The summed E-state index contributed by atoms with van der Waals surface area (Å²) in [6.07, 6.45) is 1.64.